The zero-order valence-electron chi connectivity index (χ0n) is 5.58. The molecule has 0 aromatic heterocycles. The van der Waals surface area contributed by atoms with Crippen molar-refractivity contribution in [3.8, 4) is 0 Å². The van der Waals surface area contributed by atoms with Crippen LogP contribution < -0.4 is 11.5 Å². The van der Waals surface area contributed by atoms with E-state index >= 15 is 0 Å². The molecule has 4 N–H and O–H groups in total. The zero-order chi connectivity index (χ0) is 10.2. The van der Waals surface area contributed by atoms with E-state index in [4.69, 9.17) is 0 Å². The van der Waals surface area contributed by atoms with E-state index < -0.39 is 24.4 Å². The minimum absolute atomic E-state index is 3.07. The molecule has 0 rings (SSSR count). The monoisotopic (exact) mass is 196 g/mol. The molecule has 2 nitrogen and oxygen atoms in total. The van der Waals surface area contributed by atoms with E-state index in [1.54, 1.807) is 0 Å². The van der Waals surface area contributed by atoms with Crippen LogP contribution in [0.4, 0.5) is 26.3 Å². The Hall–Kier alpha value is -0.500. The molecule has 0 aromatic carbocycles. The predicted octanol–water partition coefficient (Wildman–Crippen LogP) is 0.766. The highest BCUT2D eigenvalue weighted by Crippen LogP contribution is 2.28. The molecule has 12 heavy (non-hydrogen) atoms. The lowest BCUT2D eigenvalue weighted by molar-refractivity contribution is -0.205. The summed E-state index contributed by atoms with van der Waals surface area (Å²) in [4.78, 5) is 0. The van der Waals surface area contributed by atoms with Crippen LogP contribution in [0, 0.1) is 0 Å². The first kappa shape index (κ1) is 11.5. The molecule has 2 unspecified atom stereocenters. The molecule has 74 valence electrons. The summed E-state index contributed by atoms with van der Waals surface area (Å²) in [5.74, 6) is 0. The highest BCUT2D eigenvalue weighted by atomic mass is 19.4. The molecule has 0 heterocycles. The lowest BCUT2D eigenvalue weighted by Crippen LogP contribution is -2.58. The molecule has 0 aliphatic carbocycles. The third-order valence-electron chi connectivity index (χ3n) is 1.14. The van der Waals surface area contributed by atoms with Gasteiger partial charge in [-0.25, -0.2) is 0 Å². The van der Waals surface area contributed by atoms with E-state index in [9.17, 15) is 26.3 Å². The fraction of sp³-hybridized carbons (Fsp3) is 1.00. The Morgan fingerprint density at radius 3 is 0.917 bits per heavy atom. The lowest BCUT2D eigenvalue weighted by atomic mass is 10.1. The largest absolute Gasteiger partial charge is 0.405 e. The molecule has 8 heteroatoms. The summed E-state index contributed by atoms with van der Waals surface area (Å²) < 4.78 is 69.1. The van der Waals surface area contributed by atoms with Crippen molar-refractivity contribution in [1.29, 1.82) is 0 Å². The number of hydrogen-bond donors (Lipinski definition) is 2. The summed E-state index contributed by atoms with van der Waals surface area (Å²) >= 11 is 0. The summed E-state index contributed by atoms with van der Waals surface area (Å²) in [6.07, 6.45) is -10.3. The summed E-state index contributed by atoms with van der Waals surface area (Å²) in [6.45, 7) is 0. The van der Waals surface area contributed by atoms with Crippen molar-refractivity contribution >= 4 is 0 Å². The first-order valence-corrected chi connectivity index (χ1v) is 2.71. The van der Waals surface area contributed by atoms with Gasteiger partial charge in [-0.1, -0.05) is 0 Å². The fourth-order valence-electron chi connectivity index (χ4n) is 0.407. The molecule has 0 saturated carbocycles. The molecule has 0 bridgehead atoms. The number of hydrogen-bond acceptors (Lipinski definition) is 2. The van der Waals surface area contributed by atoms with Crippen LogP contribution in [0.3, 0.4) is 0 Å². The Bertz CT molecular complexity index is 131. The van der Waals surface area contributed by atoms with Gasteiger partial charge in [0.1, 0.15) is 12.1 Å². The van der Waals surface area contributed by atoms with E-state index in [0.717, 1.165) is 0 Å². The molecule has 0 aliphatic heterocycles. The highest BCUT2D eigenvalue weighted by Gasteiger charge is 2.51. The molecule has 0 amide bonds. The zero-order valence-corrected chi connectivity index (χ0v) is 5.58. The maximum atomic E-state index is 11.5. The van der Waals surface area contributed by atoms with Gasteiger partial charge in [0.2, 0.25) is 0 Å². The predicted molar refractivity (Wildman–Crippen MR) is 28.1 cm³/mol. The summed E-state index contributed by atoms with van der Waals surface area (Å²) in [7, 11) is 0. The third-order valence-corrected chi connectivity index (χ3v) is 1.14. The van der Waals surface area contributed by atoms with Crippen molar-refractivity contribution in [3.63, 3.8) is 0 Å². The van der Waals surface area contributed by atoms with Crippen LogP contribution in [0.2, 0.25) is 0 Å². The Kier molecular flexibility index (Phi) is 2.97. The van der Waals surface area contributed by atoms with Crippen LogP contribution in [0.5, 0.6) is 0 Å². The van der Waals surface area contributed by atoms with Crippen LogP contribution in [0.1, 0.15) is 0 Å². The molecule has 0 aromatic rings. The molecule has 0 spiro atoms. The number of halogens is 6. The van der Waals surface area contributed by atoms with Gasteiger partial charge in [0.05, 0.1) is 0 Å². The van der Waals surface area contributed by atoms with E-state index in [0.29, 0.717) is 0 Å². The second kappa shape index (κ2) is 3.09. The minimum atomic E-state index is -5.13. The van der Waals surface area contributed by atoms with Crippen molar-refractivity contribution < 1.29 is 26.3 Å². The summed E-state index contributed by atoms with van der Waals surface area (Å²) in [5.41, 5.74) is 8.42. The lowest BCUT2D eigenvalue weighted by Gasteiger charge is -2.24. The van der Waals surface area contributed by atoms with Crippen molar-refractivity contribution in [2.45, 2.75) is 24.4 Å². The smallest absolute Gasteiger partial charge is 0.319 e. The Labute approximate surface area is 63.5 Å². The topological polar surface area (TPSA) is 52.0 Å². The van der Waals surface area contributed by atoms with E-state index in [-0.39, 0.29) is 0 Å². The average molecular weight is 196 g/mol. The van der Waals surface area contributed by atoms with Gasteiger partial charge in [0, 0.05) is 0 Å². The van der Waals surface area contributed by atoms with Crippen LogP contribution >= 0.6 is 0 Å². The van der Waals surface area contributed by atoms with Crippen LogP contribution in [0.15, 0.2) is 0 Å². The second-order valence-electron chi connectivity index (χ2n) is 2.13. The first-order valence-electron chi connectivity index (χ1n) is 2.71. The van der Waals surface area contributed by atoms with E-state index in [1.165, 1.54) is 0 Å². The summed E-state index contributed by atoms with van der Waals surface area (Å²) in [5, 5.41) is 0. The van der Waals surface area contributed by atoms with Crippen molar-refractivity contribution in [2.24, 2.45) is 11.5 Å². The number of rotatable bonds is 1. The number of nitrogens with two attached hydrogens (primary N) is 2. The number of alkyl halides is 6. The second-order valence-corrected chi connectivity index (χ2v) is 2.13. The van der Waals surface area contributed by atoms with Crippen LogP contribution in [0.25, 0.3) is 0 Å². The molecule has 0 fully saturated rings. The van der Waals surface area contributed by atoms with Gasteiger partial charge in [-0.2, -0.15) is 26.3 Å². The highest BCUT2D eigenvalue weighted by molar-refractivity contribution is 4.87. The SMILES string of the molecule is NC(C(N)C(F)(F)F)C(F)(F)F. The minimum Gasteiger partial charge on any atom is -0.319 e. The summed E-state index contributed by atoms with van der Waals surface area (Å²) in [6, 6.07) is -6.14. The molecule has 0 aliphatic rings. The molecular weight excluding hydrogens is 190 g/mol. The Morgan fingerprint density at radius 1 is 0.667 bits per heavy atom. The van der Waals surface area contributed by atoms with E-state index in [1.807, 2.05) is 0 Å². The molecule has 2 atom stereocenters. The van der Waals surface area contributed by atoms with Crippen molar-refractivity contribution in [3.05, 3.63) is 0 Å². The van der Waals surface area contributed by atoms with Gasteiger partial charge in [-0.15, -0.1) is 0 Å². The van der Waals surface area contributed by atoms with Crippen molar-refractivity contribution in [1.82, 2.24) is 0 Å². The molecular formula is C4H6F6N2. The van der Waals surface area contributed by atoms with Gasteiger partial charge in [0.25, 0.3) is 0 Å². The standard InChI is InChI=1S/C4H6F6N2/c5-3(6,7)1(11)2(12)4(8,9)10/h1-2H,11-12H2. The third kappa shape index (κ3) is 2.86. The van der Waals surface area contributed by atoms with Crippen LogP contribution in [-0.4, -0.2) is 24.4 Å². The average Bonchev–Trinajstić information content (AvgIpc) is 1.80. The van der Waals surface area contributed by atoms with Gasteiger partial charge in [-0.3, -0.25) is 0 Å². The van der Waals surface area contributed by atoms with E-state index in [2.05, 4.69) is 11.5 Å². The Morgan fingerprint density at radius 2 is 0.833 bits per heavy atom. The van der Waals surface area contributed by atoms with Gasteiger partial charge >= 0.3 is 12.4 Å². The molecule has 0 saturated heterocycles. The van der Waals surface area contributed by atoms with Crippen LogP contribution in [-0.2, 0) is 0 Å². The maximum absolute atomic E-state index is 11.5. The van der Waals surface area contributed by atoms with Gasteiger partial charge in [0.15, 0.2) is 0 Å². The normalized spacial score (nSPS) is 19.0. The molecule has 0 radical (unpaired) electrons. The Balaban J connectivity index is 4.41. The maximum Gasteiger partial charge on any atom is 0.405 e. The van der Waals surface area contributed by atoms with Gasteiger partial charge < -0.3 is 11.5 Å². The first-order chi connectivity index (χ1) is 5.07. The quantitative estimate of drug-likeness (QED) is 0.608. The van der Waals surface area contributed by atoms with Gasteiger partial charge in [-0.05, 0) is 0 Å². The van der Waals surface area contributed by atoms with Crippen molar-refractivity contribution in [2.75, 3.05) is 0 Å². The fourth-order valence-corrected chi connectivity index (χ4v) is 0.407.